The van der Waals surface area contributed by atoms with E-state index >= 15 is 0 Å². The highest BCUT2D eigenvalue weighted by atomic mass is 16.2. The number of para-hydroxylation sites is 1. The Morgan fingerprint density at radius 3 is 2.48 bits per heavy atom. The van der Waals surface area contributed by atoms with Crippen molar-refractivity contribution >= 4 is 11.8 Å². The minimum absolute atomic E-state index is 0.192. The lowest BCUT2D eigenvalue weighted by molar-refractivity contribution is 0.0953. The summed E-state index contributed by atoms with van der Waals surface area (Å²) in [6, 6.07) is 9.25. The summed E-state index contributed by atoms with van der Waals surface area (Å²) >= 11 is 0. The first-order chi connectivity index (χ1) is 10.1. The molecule has 0 unspecified atom stereocenters. The molecule has 0 aliphatic heterocycles. The van der Waals surface area contributed by atoms with Crippen LogP contribution >= 0.6 is 0 Å². The van der Waals surface area contributed by atoms with Gasteiger partial charge in [0, 0.05) is 12.6 Å². The molecule has 1 aliphatic carbocycles. The summed E-state index contributed by atoms with van der Waals surface area (Å²) in [5.74, 6) is -0.672. The molecule has 0 atom stereocenters. The zero-order valence-corrected chi connectivity index (χ0v) is 11.7. The predicted octanol–water partition coefficient (Wildman–Crippen LogP) is 1.21. The number of carbonyl (C=O) groups is 2. The Morgan fingerprint density at radius 1 is 1.29 bits per heavy atom. The van der Waals surface area contributed by atoms with Crippen molar-refractivity contribution in [1.29, 1.82) is 0 Å². The van der Waals surface area contributed by atoms with Gasteiger partial charge in [0.2, 0.25) is 0 Å². The Hall–Kier alpha value is -2.63. The molecule has 1 heterocycles. The van der Waals surface area contributed by atoms with Crippen molar-refractivity contribution in [2.75, 3.05) is 7.05 Å². The van der Waals surface area contributed by atoms with Crippen LogP contribution in [0.2, 0.25) is 0 Å². The molecule has 3 rings (SSSR count). The van der Waals surface area contributed by atoms with Gasteiger partial charge in [-0.25, -0.2) is 4.68 Å². The van der Waals surface area contributed by atoms with Gasteiger partial charge in [-0.1, -0.05) is 18.2 Å². The van der Waals surface area contributed by atoms with E-state index in [9.17, 15) is 9.59 Å². The van der Waals surface area contributed by atoms with E-state index in [1.54, 1.807) is 7.05 Å². The minimum Gasteiger partial charge on any atom is -0.364 e. The number of hydrogen-bond acceptors (Lipinski definition) is 3. The number of primary amides is 1. The van der Waals surface area contributed by atoms with E-state index in [4.69, 9.17) is 5.73 Å². The molecule has 0 spiro atoms. The third kappa shape index (κ3) is 2.29. The fourth-order valence-electron chi connectivity index (χ4n) is 2.46. The van der Waals surface area contributed by atoms with Crippen molar-refractivity contribution in [3.8, 4) is 5.69 Å². The Bertz CT molecular complexity index is 702. The summed E-state index contributed by atoms with van der Waals surface area (Å²) in [5.41, 5.74) is 7.43. The molecule has 6 nitrogen and oxygen atoms in total. The van der Waals surface area contributed by atoms with E-state index in [2.05, 4.69) is 10.4 Å². The highest BCUT2D eigenvalue weighted by Crippen LogP contribution is 2.43. The zero-order chi connectivity index (χ0) is 15.0. The Balaban J connectivity index is 2.26. The largest absolute Gasteiger partial charge is 0.364 e. The van der Waals surface area contributed by atoms with Crippen LogP contribution in [0.1, 0.15) is 45.3 Å². The molecule has 0 bridgehead atoms. The van der Waals surface area contributed by atoms with Gasteiger partial charge >= 0.3 is 0 Å². The SMILES string of the molecule is CNC(=O)c1c(C2CC2)c(C(N)=O)nn1-c1ccccc1. The number of amides is 2. The van der Waals surface area contributed by atoms with Crippen LogP contribution in [0.4, 0.5) is 0 Å². The minimum atomic E-state index is -0.600. The standard InChI is InChI=1S/C15H16N4O2/c1-17-15(21)13-11(9-7-8-9)12(14(16)20)18-19(13)10-5-3-2-4-6-10/h2-6,9H,7-8H2,1H3,(H2,16,20)(H,17,21). The van der Waals surface area contributed by atoms with Gasteiger partial charge in [0.25, 0.3) is 11.8 Å². The number of benzene rings is 1. The van der Waals surface area contributed by atoms with Crippen LogP contribution in [0.25, 0.3) is 5.69 Å². The van der Waals surface area contributed by atoms with Gasteiger partial charge in [-0.3, -0.25) is 9.59 Å². The fourth-order valence-corrected chi connectivity index (χ4v) is 2.46. The summed E-state index contributed by atoms with van der Waals surface area (Å²) in [5, 5.41) is 6.91. The van der Waals surface area contributed by atoms with E-state index in [0.29, 0.717) is 11.3 Å². The number of nitrogens with two attached hydrogens (primary N) is 1. The van der Waals surface area contributed by atoms with Crippen LogP contribution in [0.3, 0.4) is 0 Å². The Morgan fingerprint density at radius 2 is 1.95 bits per heavy atom. The van der Waals surface area contributed by atoms with Gasteiger partial charge < -0.3 is 11.1 Å². The Labute approximate surface area is 121 Å². The van der Waals surface area contributed by atoms with Crippen LogP contribution in [0.15, 0.2) is 30.3 Å². The van der Waals surface area contributed by atoms with E-state index in [1.165, 1.54) is 4.68 Å². The first-order valence-corrected chi connectivity index (χ1v) is 6.83. The molecule has 6 heteroatoms. The molecule has 2 aromatic rings. The molecule has 1 fully saturated rings. The van der Waals surface area contributed by atoms with E-state index in [1.807, 2.05) is 30.3 Å². The van der Waals surface area contributed by atoms with E-state index in [-0.39, 0.29) is 17.5 Å². The third-order valence-electron chi connectivity index (χ3n) is 3.58. The summed E-state index contributed by atoms with van der Waals surface area (Å²) in [6.45, 7) is 0. The number of carbonyl (C=O) groups excluding carboxylic acids is 2. The maximum Gasteiger partial charge on any atom is 0.270 e. The van der Waals surface area contributed by atoms with Gasteiger partial charge in [0.1, 0.15) is 5.69 Å². The monoisotopic (exact) mass is 284 g/mol. The first-order valence-electron chi connectivity index (χ1n) is 6.83. The number of nitrogens with zero attached hydrogens (tertiary/aromatic N) is 2. The summed E-state index contributed by atoms with van der Waals surface area (Å²) in [4.78, 5) is 23.9. The van der Waals surface area contributed by atoms with E-state index in [0.717, 1.165) is 18.5 Å². The smallest absolute Gasteiger partial charge is 0.270 e. The second kappa shape index (κ2) is 5.05. The van der Waals surface area contributed by atoms with Crippen molar-refractivity contribution < 1.29 is 9.59 Å². The lowest BCUT2D eigenvalue weighted by atomic mass is 10.1. The van der Waals surface area contributed by atoms with Crippen LogP contribution < -0.4 is 11.1 Å². The first kappa shape index (κ1) is 13.4. The maximum absolute atomic E-state index is 12.3. The highest BCUT2D eigenvalue weighted by Gasteiger charge is 2.36. The van der Waals surface area contributed by atoms with Crippen LogP contribution in [-0.2, 0) is 0 Å². The fraction of sp³-hybridized carbons (Fsp3) is 0.267. The second-order valence-electron chi connectivity index (χ2n) is 5.08. The summed E-state index contributed by atoms with van der Waals surface area (Å²) in [7, 11) is 1.56. The van der Waals surface area contributed by atoms with Gasteiger partial charge in [0.05, 0.1) is 5.69 Å². The molecular formula is C15H16N4O2. The molecular weight excluding hydrogens is 268 g/mol. The van der Waals surface area contributed by atoms with Crippen LogP contribution in [0, 0.1) is 0 Å². The molecule has 21 heavy (non-hydrogen) atoms. The quantitative estimate of drug-likeness (QED) is 0.884. The van der Waals surface area contributed by atoms with Gasteiger partial charge in [-0.15, -0.1) is 0 Å². The van der Waals surface area contributed by atoms with Gasteiger partial charge in [-0.2, -0.15) is 5.10 Å². The van der Waals surface area contributed by atoms with Crippen molar-refractivity contribution in [2.45, 2.75) is 18.8 Å². The molecule has 3 N–H and O–H groups in total. The van der Waals surface area contributed by atoms with E-state index < -0.39 is 5.91 Å². The van der Waals surface area contributed by atoms with Gasteiger partial charge in [-0.05, 0) is 30.9 Å². The molecule has 1 aromatic heterocycles. The van der Waals surface area contributed by atoms with Crippen LogP contribution in [-0.4, -0.2) is 28.6 Å². The molecule has 0 radical (unpaired) electrons. The average molecular weight is 284 g/mol. The molecule has 1 aromatic carbocycles. The molecule has 0 saturated heterocycles. The van der Waals surface area contributed by atoms with Crippen molar-refractivity contribution in [3.05, 3.63) is 47.3 Å². The lowest BCUT2D eigenvalue weighted by Crippen LogP contribution is -2.23. The van der Waals surface area contributed by atoms with Crippen molar-refractivity contribution in [1.82, 2.24) is 15.1 Å². The Kier molecular flexibility index (Phi) is 3.21. The van der Waals surface area contributed by atoms with Crippen molar-refractivity contribution in [2.24, 2.45) is 5.73 Å². The molecule has 1 saturated carbocycles. The zero-order valence-electron chi connectivity index (χ0n) is 11.7. The number of nitrogens with one attached hydrogen (secondary N) is 1. The number of aromatic nitrogens is 2. The maximum atomic E-state index is 12.3. The second-order valence-corrected chi connectivity index (χ2v) is 5.08. The normalized spacial score (nSPS) is 14.0. The van der Waals surface area contributed by atoms with Gasteiger partial charge in [0.15, 0.2) is 5.69 Å². The molecule has 1 aliphatic rings. The lowest BCUT2D eigenvalue weighted by Gasteiger charge is -2.07. The topological polar surface area (TPSA) is 90.0 Å². The average Bonchev–Trinajstić information content (AvgIpc) is 3.26. The number of rotatable bonds is 4. The number of hydrogen-bond donors (Lipinski definition) is 2. The van der Waals surface area contributed by atoms with Crippen LogP contribution in [0.5, 0.6) is 0 Å². The summed E-state index contributed by atoms with van der Waals surface area (Å²) in [6.07, 6.45) is 1.90. The predicted molar refractivity (Wildman–Crippen MR) is 77.4 cm³/mol. The highest BCUT2D eigenvalue weighted by molar-refractivity contribution is 6.00. The summed E-state index contributed by atoms with van der Waals surface area (Å²) < 4.78 is 1.51. The van der Waals surface area contributed by atoms with Crippen molar-refractivity contribution in [3.63, 3.8) is 0 Å². The molecule has 108 valence electrons. The third-order valence-corrected chi connectivity index (χ3v) is 3.58. The molecule has 2 amide bonds.